The number of carbonyl (C=O) groups excluding carboxylic acids is 1. The largest absolute Gasteiger partial charge is 0.394 e. The van der Waals surface area contributed by atoms with Gasteiger partial charge >= 0.3 is 0 Å². The molecule has 0 radical (unpaired) electrons. The molecule has 12 atom stereocenters. The summed E-state index contributed by atoms with van der Waals surface area (Å²) in [5, 5.41) is 87.2. The van der Waals surface area contributed by atoms with Crippen LogP contribution in [0.25, 0.3) is 0 Å². The van der Waals surface area contributed by atoms with E-state index in [1.165, 1.54) is 154 Å². The summed E-state index contributed by atoms with van der Waals surface area (Å²) >= 11 is 0. The fourth-order valence-electron chi connectivity index (χ4n) is 9.95. The highest BCUT2D eigenvalue weighted by Crippen LogP contribution is 2.30. The Bertz CT molecular complexity index is 1380. The van der Waals surface area contributed by atoms with Crippen LogP contribution >= 0.6 is 0 Å². The predicted molar refractivity (Wildman–Crippen MR) is 295 cm³/mol. The van der Waals surface area contributed by atoms with Gasteiger partial charge in [-0.2, -0.15) is 0 Å². The molecule has 14 nitrogen and oxygen atoms in total. The van der Waals surface area contributed by atoms with E-state index >= 15 is 0 Å². The Morgan fingerprint density at radius 2 is 0.892 bits per heavy atom. The van der Waals surface area contributed by atoms with Crippen LogP contribution in [0.3, 0.4) is 0 Å². The van der Waals surface area contributed by atoms with Crippen molar-refractivity contribution in [2.24, 2.45) is 0 Å². The molecular formula is C60H111NO13. The quantitative estimate of drug-likeness (QED) is 0.0204. The van der Waals surface area contributed by atoms with Gasteiger partial charge in [0, 0.05) is 6.42 Å². The summed E-state index contributed by atoms with van der Waals surface area (Å²) in [7, 11) is 0. The van der Waals surface area contributed by atoms with Gasteiger partial charge in [-0.05, 0) is 51.4 Å². The lowest BCUT2D eigenvalue weighted by Gasteiger charge is -2.46. The molecule has 0 spiro atoms. The molecule has 434 valence electrons. The maximum Gasteiger partial charge on any atom is 0.220 e. The summed E-state index contributed by atoms with van der Waals surface area (Å²) in [6, 6.07) is -0.829. The summed E-state index contributed by atoms with van der Waals surface area (Å²) in [6.45, 7) is 2.85. The third-order valence-electron chi connectivity index (χ3n) is 14.9. The minimum atomic E-state index is -1.78. The Kier molecular flexibility index (Phi) is 42.6. The summed E-state index contributed by atoms with van der Waals surface area (Å²) in [4.78, 5) is 13.3. The molecule has 0 saturated carbocycles. The Morgan fingerprint density at radius 1 is 0.486 bits per heavy atom. The van der Waals surface area contributed by atoms with Crippen molar-refractivity contribution in [2.75, 3.05) is 19.8 Å². The molecule has 2 saturated heterocycles. The predicted octanol–water partition coefficient (Wildman–Crippen LogP) is 10.2. The van der Waals surface area contributed by atoms with E-state index in [-0.39, 0.29) is 12.5 Å². The van der Waals surface area contributed by atoms with Gasteiger partial charge in [-0.25, -0.2) is 0 Å². The smallest absolute Gasteiger partial charge is 0.220 e. The number of nitrogens with one attached hydrogen (secondary N) is 1. The molecule has 14 heteroatoms. The second-order valence-electron chi connectivity index (χ2n) is 21.5. The minimum absolute atomic E-state index is 0.208. The monoisotopic (exact) mass is 1050 g/mol. The second-order valence-corrected chi connectivity index (χ2v) is 21.5. The number of hydrogen-bond acceptors (Lipinski definition) is 13. The molecule has 74 heavy (non-hydrogen) atoms. The first kappa shape index (κ1) is 68.3. The van der Waals surface area contributed by atoms with Gasteiger partial charge in [0.25, 0.3) is 0 Å². The molecule has 2 heterocycles. The average molecular weight is 1050 g/mol. The number of aliphatic hydroxyl groups excluding tert-OH is 8. The molecule has 9 N–H and O–H groups in total. The summed E-state index contributed by atoms with van der Waals surface area (Å²) < 4.78 is 22.8. The average Bonchev–Trinajstić information content (AvgIpc) is 3.40. The van der Waals surface area contributed by atoms with Crippen molar-refractivity contribution in [3.63, 3.8) is 0 Å². The van der Waals surface area contributed by atoms with E-state index in [2.05, 4.69) is 55.6 Å². The first-order chi connectivity index (χ1) is 36.1. The van der Waals surface area contributed by atoms with Gasteiger partial charge in [0.15, 0.2) is 12.6 Å². The van der Waals surface area contributed by atoms with Gasteiger partial charge in [-0.3, -0.25) is 4.79 Å². The molecule has 0 aromatic rings. The van der Waals surface area contributed by atoms with Gasteiger partial charge in [0.05, 0.1) is 32.0 Å². The molecule has 1 amide bonds. The van der Waals surface area contributed by atoms with E-state index in [0.29, 0.717) is 12.8 Å². The molecule has 2 rings (SSSR count). The SMILES string of the molecule is CCCCCCC/C=C\C/C=C\C/C=C\CCCCCCCCCCCCCCC(=O)NC(COC1OC(CO)C(OC2OC(CO)C(O)C(O)C2O)C(O)C1O)C(O)CCCCCCCCCCCCCCC. The van der Waals surface area contributed by atoms with Crippen LogP contribution < -0.4 is 5.32 Å². The number of aliphatic hydroxyl groups is 8. The number of allylic oxidation sites excluding steroid dienone is 6. The zero-order valence-electron chi connectivity index (χ0n) is 46.6. The molecule has 0 aromatic heterocycles. The first-order valence-corrected chi connectivity index (χ1v) is 30.2. The lowest BCUT2D eigenvalue weighted by molar-refractivity contribution is -0.359. The van der Waals surface area contributed by atoms with E-state index in [0.717, 1.165) is 64.2 Å². The third-order valence-corrected chi connectivity index (χ3v) is 14.9. The first-order valence-electron chi connectivity index (χ1n) is 30.2. The van der Waals surface area contributed by atoms with Gasteiger partial charge in [-0.1, -0.05) is 224 Å². The Morgan fingerprint density at radius 3 is 1.36 bits per heavy atom. The van der Waals surface area contributed by atoms with Crippen molar-refractivity contribution in [3.05, 3.63) is 36.5 Å². The maximum atomic E-state index is 13.3. The highest BCUT2D eigenvalue weighted by molar-refractivity contribution is 5.76. The molecular weight excluding hydrogens is 943 g/mol. The van der Waals surface area contributed by atoms with Gasteiger partial charge in [0.2, 0.25) is 5.91 Å². The third kappa shape index (κ3) is 31.6. The van der Waals surface area contributed by atoms with Gasteiger partial charge in [0.1, 0.15) is 48.8 Å². The maximum absolute atomic E-state index is 13.3. The molecule has 2 aliphatic heterocycles. The highest BCUT2D eigenvalue weighted by Gasteiger charge is 2.51. The van der Waals surface area contributed by atoms with Crippen LogP contribution in [0.5, 0.6) is 0 Å². The Labute approximate surface area is 449 Å². The molecule has 12 unspecified atom stereocenters. The van der Waals surface area contributed by atoms with Crippen molar-refractivity contribution in [3.8, 4) is 0 Å². The zero-order chi connectivity index (χ0) is 53.9. The summed E-state index contributed by atoms with van der Waals surface area (Å²) in [5.41, 5.74) is 0. The second kappa shape index (κ2) is 46.2. The van der Waals surface area contributed by atoms with E-state index in [1.807, 2.05) is 0 Å². The van der Waals surface area contributed by atoms with Crippen molar-refractivity contribution in [1.29, 1.82) is 0 Å². The number of ether oxygens (including phenoxy) is 4. The van der Waals surface area contributed by atoms with Crippen LogP contribution in [-0.2, 0) is 23.7 Å². The van der Waals surface area contributed by atoms with Crippen LogP contribution in [-0.4, -0.2) is 140 Å². The lowest BCUT2D eigenvalue weighted by atomic mass is 9.97. The van der Waals surface area contributed by atoms with Crippen LogP contribution in [0.4, 0.5) is 0 Å². The number of amides is 1. The molecule has 0 aliphatic carbocycles. The molecule has 2 fully saturated rings. The van der Waals surface area contributed by atoms with E-state index < -0.39 is 86.8 Å². The number of unbranched alkanes of at least 4 members (excludes halogenated alkanes) is 29. The standard InChI is InChI=1S/C60H111NO13/c1-3-5-7-9-11-13-15-17-18-19-20-21-22-23-24-25-26-27-28-29-30-32-34-36-38-40-42-44-52(65)61-48(49(64)43-41-39-37-35-33-31-16-14-12-10-8-6-4-2)47-71-59-57(70)55(68)58(51(46-63)73-59)74-60-56(69)54(67)53(66)50(45-62)72-60/h15,17,19-20,22-23,48-51,53-60,62-64,66-70H,3-14,16,18,21,24-47H2,1-2H3,(H,61,65)/b17-15-,20-19-,23-22-. The number of hydrogen-bond donors (Lipinski definition) is 9. The van der Waals surface area contributed by atoms with Crippen molar-refractivity contribution in [1.82, 2.24) is 5.32 Å². The van der Waals surface area contributed by atoms with E-state index in [9.17, 15) is 45.6 Å². The topological polar surface area (TPSA) is 228 Å². The van der Waals surface area contributed by atoms with Crippen molar-refractivity contribution < 1.29 is 64.6 Å². The Hall–Kier alpha value is -1.79. The number of rotatable bonds is 48. The highest BCUT2D eigenvalue weighted by atomic mass is 16.7. The van der Waals surface area contributed by atoms with Gasteiger partial charge < -0.3 is 65.1 Å². The Balaban J connectivity index is 1.70. The van der Waals surface area contributed by atoms with Crippen molar-refractivity contribution >= 4 is 5.91 Å². The zero-order valence-corrected chi connectivity index (χ0v) is 46.6. The van der Waals surface area contributed by atoms with E-state index in [1.54, 1.807) is 0 Å². The molecule has 0 aromatic carbocycles. The lowest BCUT2D eigenvalue weighted by Crippen LogP contribution is -2.65. The fraction of sp³-hybridized carbons (Fsp3) is 0.883. The van der Waals surface area contributed by atoms with Crippen LogP contribution in [0, 0.1) is 0 Å². The van der Waals surface area contributed by atoms with Gasteiger partial charge in [-0.15, -0.1) is 0 Å². The van der Waals surface area contributed by atoms with Crippen LogP contribution in [0.15, 0.2) is 36.5 Å². The fourth-order valence-corrected chi connectivity index (χ4v) is 9.95. The van der Waals surface area contributed by atoms with Crippen LogP contribution in [0.1, 0.15) is 245 Å². The molecule has 0 bridgehead atoms. The number of carbonyl (C=O) groups is 1. The molecule has 2 aliphatic rings. The van der Waals surface area contributed by atoms with E-state index in [4.69, 9.17) is 18.9 Å². The summed E-state index contributed by atoms with van der Waals surface area (Å²) in [6.07, 6.45) is 38.6. The van der Waals surface area contributed by atoms with Crippen molar-refractivity contribution in [2.45, 2.75) is 319 Å². The van der Waals surface area contributed by atoms with Crippen LogP contribution in [0.2, 0.25) is 0 Å². The minimum Gasteiger partial charge on any atom is -0.394 e. The summed E-state index contributed by atoms with van der Waals surface area (Å²) in [5.74, 6) is -0.208. The normalized spacial score (nSPS) is 25.4.